The Bertz CT molecular complexity index is 780. The molecule has 1 aromatic carbocycles. The van der Waals surface area contributed by atoms with E-state index in [2.05, 4.69) is 56.2 Å². The maximum absolute atomic E-state index is 5.51. The third-order valence-corrected chi connectivity index (χ3v) is 5.31. The van der Waals surface area contributed by atoms with Crippen molar-refractivity contribution in [2.75, 3.05) is 37.7 Å². The molecule has 7 nitrogen and oxygen atoms in total. The van der Waals surface area contributed by atoms with Gasteiger partial charge in [0.2, 0.25) is 0 Å². The molecule has 1 aromatic heterocycles. The number of aromatic nitrogens is 3. The van der Waals surface area contributed by atoms with Gasteiger partial charge < -0.3 is 19.5 Å². The predicted molar refractivity (Wildman–Crippen MR) is 106 cm³/mol. The third kappa shape index (κ3) is 4.13. The Morgan fingerprint density at radius 2 is 2.30 bits per heavy atom. The van der Waals surface area contributed by atoms with Crippen LogP contribution >= 0.6 is 0 Å². The molecule has 1 unspecified atom stereocenters. The largest absolute Gasteiger partial charge is 0.381 e. The first-order valence-electron chi connectivity index (χ1n) is 9.93. The van der Waals surface area contributed by atoms with Crippen molar-refractivity contribution in [2.45, 2.75) is 32.7 Å². The third-order valence-electron chi connectivity index (χ3n) is 5.31. The van der Waals surface area contributed by atoms with Gasteiger partial charge in [0.25, 0.3) is 0 Å². The Kier molecular flexibility index (Phi) is 5.67. The van der Waals surface area contributed by atoms with Crippen molar-refractivity contribution in [3.63, 3.8) is 0 Å². The fraction of sp³-hybridized carbons (Fsp3) is 0.550. The summed E-state index contributed by atoms with van der Waals surface area (Å²) in [6, 6.07) is 8.61. The number of anilines is 1. The first-order chi connectivity index (χ1) is 13.3. The van der Waals surface area contributed by atoms with Crippen LogP contribution in [0, 0.1) is 5.92 Å². The van der Waals surface area contributed by atoms with E-state index in [0.29, 0.717) is 5.92 Å². The second kappa shape index (κ2) is 8.52. The van der Waals surface area contributed by atoms with E-state index in [-0.39, 0.29) is 0 Å². The molecule has 144 valence electrons. The Morgan fingerprint density at radius 3 is 3.15 bits per heavy atom. The van der Waals surface area contributed by atoms with Crippen LogP contribution in [0.25, 0.3) is 0 Å². The van der Waals surface area contributed by atoms with Gasteiger partial charge in [-0.25, -0.2) is 0 Å². The summed E-state index contributed by atoms with van der Waals surface area (Å²) in [6.07, 6.45) is 4.86. The smallest absolute Gasteiger partial charge is 0.198 e. The van der Waals surface area contributed by atoms with E-state index >= 15 is 0 Å². The Morgan fingerprint density at radius 1 is 1.37 bits per heavy atom. The summed E-state index contributed by atoms with van der Waals surface area (Å²) >= 11 is 0. The monoisotopic (exact) mass is 368 g/mol. The average molecular weight is 368 g/mol. The summed E-state index contributed by atoms with van der Waals surface area (Å²) in [5.74, 6) is 2.52. The van der Waals surface area contributed by atoms with Gasteiger partial charge in [-0.05, 0) is 24.5 Å². The van der Waals surface area contributed by atoms with E-state index in [4.69, 9.17) is 9.73 Å². The molecule has 1 saturated heterocycles. The summed E-state index contributed by atoms with van der Waals surface area (Å²) < 4.78 is 7.61. The molecule has 0 bridgehead atoms. The lowest BCUT2D eigenvalue weighted by molar-refractivity contribution is 0.187. The topological polar surface area (TPSA) is 67.6 Å². The molecule has 1 N–H and O–H groups in total. The van der Waals surface area contributed by atoms with Crippen molar-refractivity contribution in [3.05, 3.63) is 42.0 Å². The van der Waals surface area contributed by atoms with Gasteiger partial charge in [-0.15, -0.1) is 10.2 Å². The number of rotatable bonds is 6. The van der Waals surface area contributed by atoms with Gasteiger partial charge >= 0.3 is 0 Å². The highest BCUT2D eigenvalue weighted by Crippen LogP contribution is 2.27. The van der Waals surface area contributed by atoms with Crippen LogP contribution in [0.5, 0.6) is 0 Å². The number of benzene rings is 1. The number of guanidine groups is 1. The molecule has 27 heavy (non-hydrogen) atoms. The molecule has 1 atom stereocenters. The number of hydrogen-bond acceptors (Lipinski definition) is 4. The van der Waals surface area contributed by atoms with Crippen LogP contribution in [-0.2, 0) is 24.1 Å². The van der Waals surface area contributed by atoms with Crippen molar-refractivity contribution in [3.8, 4) is 0 Å². The van der Waals surface area contributed by atoms with E-state index in [9.17, 15) is 0 Å². The number of fused-ring (bicyclic) bond motifs is 1. The van der Waals surface area contributed by atoms with Crippen LogP contribution < -0.4 is 10.2 Å². The molecule has 2 aliphatic rings. The first kappa shape index (κ1) is 18.0. The summed E-state index contributed by atoms with van der Waals surface area (Å²) in [5.41, 5.74) is 2.66. The summed E-state index contributed by atoms with van der Waals surface area (Å²) in [6.45, 7) is 7.20. The van der Waals surface area contributed by atoms with E-state index in [0.717, 1.165) is 70.4 Å². The van der Waals surface area contributed by atoms with Crippen LogP contribution in [0.1, 0.15) is 24.7 Å². The highest BCUT2D eigenvalue weighted by Gasteiger charge is 2.23. The van der Waals surface area contributed by atoms with E-state index in [1.807, 2.05) is 0 Å². The maximum Gasteiger partial charge on any atom is 0.198 e. The SMILES string of the molecule is CCc1nncn1CCNC(=NCC1CCOC1)N1CCc2ccccc21. The molecule has 0 amide bonds. The van der Waals surface area contributed by atoms with Gasteiger partial charge in [-0.3, -0.25) is 4.99 Å². The number of hydrogen-bond donors (Lipinski definition) is 1. The van der Waals surface area contributed by atoms with Gasteiger partial charge in [0.1, 0.15) is 12.2 Å². The summed E-state index contributed by atoms with van der Waals surface area (Å²) in [7, 11) is 0. The van der Waals surface area contributed by atoms with Crippen LogP contribution in [0.4, 0.5) is 5.69 Å². The van der Waals surface area contributed by atoms with Gasteiger partial charge in [0.15, 0.2) is 5.96 Å². The number of nitrogens with one attached hydrogen (secondary N) is 1. The van der Waals surface area contributed by atoms with Crippen molar-refractivity contribution >= 4 is 11.6 Å². The van der Waals surface area contributed by atoms with Crippen LogP contribution in [0.2, 0.25) is 0 Å². The molecule has 1 fully saturated rings. The molecule has 2 aromatic rings. The van der Waals surface area contributed by atoms with Gasteiger partial charge in [-0.1, -0.05) is 25.1 Å². The maximum atomic E-state index is 5.51. The Balaban J connectivity index is 1.45. The molecular formula is C20H28N6O. The molecule has 7 heteroatoms. The Labute approximate surface area is 160 Å². The Hall–Kier alpha value is -2.41. The van der Waals surface area contributed by atoms with Crippen molar-refractivity contribution in [1.82, 2.24) is 20.1 Å². The summed E-state index contributed by atoms with van der Waals surface area (Å²) in [5, 5.41) is 11.8. The van der Waals surface area contributed by atoms with Crippen LogP contribution in [0.15, 0.2) is 35.6 Å². The fourth-order valence-electron chi connectivity index (χ4n) is 3.77. The van der Waals surface area contributed by atoms with Crippen molar-refractivity contribution in [2.24, 2.45) is 10.9 Å². The molecule has 0 aliphatic carbocycles. The lowest BCUT2D eigenvalue weighted by Crippen LogP contribution is -2.42. The normalized spacial score (nSPS) is 19.5. The zero-order valence-electron chi connectivity index (χ0n) is 16.0. The van der Waals surface area contributed by atoms with Gasteiger partial charge in [0.05, 0.1) is 6.61 Å². The van der Waals surface area contributed by atoms with Crippen LogP contribution in [0.3, 0.4) is 0 Å². The molecule has 4 rings (SSSR count). The zero-order valence-corrected chi connectivity index (χ0v) is 16.0. The lowest BCUT2D eigenvalue weighted by Gasteiger charge is -2.23. The molecule has 2 aliphatic heterocycles. The first-order valence-corrected chi connectivity index (χ1v) is 9.93. The quantitative estimate of drug-likeness (QED) is 0.623. The van der Waals surface area contributed by atoms with Crippen molar-refractivity contribution in [1.29, 1.82) is 0 Å². The minimum absolute atomic E-state index is 0.532. The highest BCUT2D eigenvalue weighted by molar-refractivity contribution is 5.98. The minimum Gasteiger partial charge on any atom is -0.381 e. The molecule has 0 spiro atoms. The lowest BCUT2D eigenvalue weighted by atomic mass is 10.1. The minimum atomic E-state index is 0.532. The molecular weight excluding hydrogens is 340 g/mol. The molecule has 0 radical (unpaired) electrons. The highest BCUT2D eigenvalue weighted by atomic mass is 16.5. The number of ether oxygens (including phenoxy) is 1. The number of aliphatic imine (C=N–C) groups is 1. The second-order valence-electron chi connectivity index (χ2n) is 7.15. The van der Waals surface area contributed by atoms with E-state index in [1.54, 1.807) is 6.33 Å². The summed E-state index contributed by atoms with van der Waals surface area (Å²) in [4.78, 5) is 7.28. The van der Waals surface area contributed by atoms with Gasteiger partial charge in [0, 0.05) is 50.8 Å². The van der Waals surface area contributed by atoms with Gasteiger partial charge in [-0.2, -0.15) is 0 Å². The zero-order chi connectivity index (χ0) is 18.5. The van der Waals surface area contributed by atoms with Crippen molar-refractivity contribution < 1.29 is 4.74 Å². The number of nitrogens with zero attached hydrogens (tertiary/aromatic N) is 5. The standard InChI is InChI=1S/C20H28N6O/c1-2-19-24-23-15-25(19)11-9-21-20(22-13-16-8-12-27-14-16)26-10-7-17-5-3-4-6-18(17)26/h3-6,15-16H,2,7-14H2,1H3,(H,21,22). The van der Waals surface area contributed by atoms with Crippen LogP contribution in [-0.4, -0.2) is 53.6 Å². The second-order valence-corrected chi connectivity index (χ2v) is 7.15. The predicted octanol–water partition coefficient (Wildman–Crippen LogP) is 1.89. The fourth-order valence-corrected chi connectivity index (χ4v) is 3.77. The van der Waals surface area contributed by atoms with E-state index < -0.39 is 0 Å². The average Bonchev–Trinajstić information content (AvgIpc) is 3.45. The number of aryl methyl sites for hydroxylation is 1. The molecule has 3 heterocycles. The molecule has 0 saturated carbocycles. The van der Waals surface area contributed by atoms with E-state index in [1.165, 1.54) is 11.3 Å². The number of para-hydroxylation sites is 1.